The van der Waals surface area contributed by atoms with Crippen LogP contribution in [0.2, 0.25) is 10.0 Å². The largest absolute Gasteiger partial charge is 0.306 e. The smallest absolute Gasteiger partial charge is 0.0594 e. The van der Waals surface area contributed by atoms with Crippen LogP contribution in [0.1, 0.15) is 36.1 Å². The first-order valence-electron chi connectivity index (χ1n) is 6.87. The summed E-state index contributed by atoms with van der Waals surface area (Å²) in [7, 11) is 0. The minimum Gasteiger partial charge on any atom is -0.306 e. The molecule has 0 radical (unpaired) electrons. The highest BCUT2D eigenvalue weighted by atomic mass is 35.5. The normalized spacial score (nSPS) is 12.4. The van der Waals surface area contributed by atoms with Crippen molar-refractivity contribution >= 4 is 23.2 Å². The van der Waals surface area contributed by atoms with Gasteiger partial charge in [0.2, 0.25) is 0 Å². The first kappa shape index (κ1) is 15.4. The average Bonchev–Trinajstić information content (AvgIpc) is 2.44. The summed E-state index contributed by atoms with van der Waals surface area (Å²) in [6.45, 7) is 5.19. The number of nitrogens with one attached hydrogen (secondary N) is 1. The van der Waals surface area contributed by atoms with E-state index in [0.717, 1.165) is 28.6 Å². The summed E-state index contributed by atoms with van der Waals surface area (Å²) in [6, 6.07) is 14.0. The fourth-order valence-electron chi connectivity index (χ4n) is 2.31. The van der Waals surface area contributed by atoms with Gasteiger partial charge in [-0.25, -0.2) is 0 Å². The second-order valence-electron chi connectivity index (χ2n) is 4.91. The molecular weight excluding hydrogens is 289 g/mol. The number of rotatable bonds is 5. The summed E-state index contributed by atoms with van der Waals surface area (Å²) in [5.74, 6) is 0. The second-order valence-corrected chi connectivity index (χ2v) is 5.75. The van der Waals surface area contributed by atoms with Crippen LogP contribution in [0.5, 0.6) is 0 Å². The Hall–Kier alpha value is -1.02. The first-order chi connectivity index (χ1) is 9.63. The van der Waals surface area contributed by atoms with E-state index in [4.69, 9.17) is 23.2 Å². The van der Waals surface area contributed by atoms with Crippen molar-refractivity contribution in [3.8, 4) is 0 Å². The van der Waals surface area contributed by atoms with Crippen molar-refractivity contribution < 1.29 is 0 Å². The molecule has 106 valence electrons. The molecule has 0 spiro atoms. The third kappa shape index (κ3) is 3.54. The Labute approximate surface area is 130 Å². The van der Waals surface area contributed by atoms with Gasteiger partial charge in [-0.15, -0.1) is 0 Å². The molecule has 0 aliphatic heterocycles. The van der Waals surface area contributed by atoms with E-state index in [1.54, 1.807) is 0 Å². The van der Waals surface area contributed by atoms with Gasteiger partial charge < -0.3 is 5.32 Å². The Kier molecular flexibility index (Phi) is 5.47. The van der Waals surface area contributed by atoms with Gasteiger partial charge in [-0.05, 0) is 54.8 Å². The predicted octanol–water partition coefficient (Wildman–Crippen LogP) is 5.39. The maximum atomic E-state index is 6.37. The lowest BCUT2D eigenvalue weighted by atomic mass is 9.95. The van der Waals surface area contributed by atoms with Crippen LogP contribution in [0.4, 0.5) is 0 Å². The Morgan fingerprint density at radius 1 is 1.05 bits per heavy atom. The van der Waals surface area contributed by atoms with E-state index in [9.17, 15) is 0 Å². The fraction of sp³-hybridized carbons (Fsp3) is 0.294. The molecule has 3 heteroatoms. The van der Waals surface area contributed by atoms with E-state index in [2.05, 4.69) is 31.3 Å². The quantitative estimate of drug-likeness (QED) is 0.780. The summed E-state index contributed by atoms with van der Waals surface area (Å²) in [5, 5.41) is 5.10. The zero-order valence-electron chi connectivity index (χ0n) is 11.8. The molecule has 1 N–H and O–H groups in total. The number of hydrogen-bond acceptors (Lipinski definition) is 1. The lowest BCUT2D eigenvalue weighted by Crippen LogP contribution is -2.24. The van der Waals surface area contributed by atoms with Crippen LogP contribution in [0, 0.1) is 6.92 Å². The summed E-state index contributed by atoms with van der Waals surface area (Å²) in [6.07, 6.45) is 1.07. The van der Waals surface area contributed by atoms with E-state index >= 15 is 0 Å². The number of benzene rings is 2. The van der Waals surface area contributed by atoms with Crippen LogP contribution in [0.3, 0.4) is 0 Å². The number of halogens is 2. The lowest BCUT2D eigenvalue weighted by Gasteiger charge is -2.22. The van der Waals surface area contributed by atoms with Gasteiger partial charge in [0.1, 0.15) is 0 Å². The lowest BCUT2D eigenvalue weighted by molar-refractivity contribution is 0.596. The van der Waals surface area contributed by atoms with Crippen molar-refractivity contribution in [3.05, 3.63) is 69.2 Å². The molecule has 0 aromatic heterocycles. The molecule has 2 rings (SSSR count). The molecule has 20 heavy (non-hydrogen) atoms. The minimum absolute atomic E-state index is 0.0716. The maximum Gasteiger partial charge on any atom is 0.0594 e. The maximum absolute atomic E-state index is 6.37. The average molecular weight is 308 g/mol. The molecule has 0 aliphatic carbocycles. The molecule has 0 heterocycles. The van der Waals surface area contributed by atoms with E-state index < -0.39 is 0 Å². The zero-order valence-corrected chi connectivity index (χ0v) is 13.3. The van der Waals surface area contributed by atoms with Gasteiger partial charge in [-0.1, -0.05) is 54.4 Å². The van der Waals surface area contributed by atoms with E-state index in [-0.39, 0.29) is 6.04 Å². The van der Waals surface area contributed by atoms with Crippen LogP contribution < -0.4 is 5.32 Å². The first-order valence-corrected chi connectivity index (χ1v) is 7.63. The summed E-state index contributed by atoms with van der Waals surface area (Å²) in [5.41, 5.74) is 3.48. The van der Waals surface area contributed by atoms with Gasteiger partial charge in [-0.2, -0.15) is 0 Å². The van der Waals surface area contributed by atoms with Crippen molar-refractivity contribution in [1.29, 1.82) is 0 Å². The van der Waals surface area contributed by atoms with Crippen molar-refractivity contribution in [2.75, 3.05) is 6.54 Å². The van der Waals surface area contributed by atoms with Gasteiger partial charge >= 0.3 is 0 Å². The molecule has 0 saturated heterocycles. The zero-order chi connectivity index (χ0) is 14.5. The number of aryl methyl sites for hydroxylation is 1. The molecule has 1 unspecified atom stereocenters. The van der Waals surface area contributed by atoms with Gasteiger partial charge in [0.15, 0.2) is 0 Å². The van der Waals surface area contributed by atoms with Crippen molar-refractivity contribution in [2.24, 2.45) is 0 Å². The third-order valence-electron chi connectivity index (χ3n) is 3.37. The van der Waals surface area contributed by atoms with E-state index in [0.29, 0.717) is 0 Å². The Bertz CT molecular complexity index is 581. The SMILES string of the molecule is CCCNC(c1cc(Cl)ccc1C)c1ccccc1Cl. The predicted molar refractivity (Wildman–Crippen MR) is 87.8 cm³/mol. The van der Waals surface area contributed by atoms with E-state index in [1.165, 1.54) is 11.1 Å². The van der Waals surface area contributed by atoms with Gasteiger partial charge in [0, 0.05) is 10.0 Å². The summed E-state index contributed by atoms with van der Waals surface area (Å²) < 4.78 is 0. The standard InChI is InChI=1S/C17H19Cl2N/c1-3-10-20-17(14-6-4-5-7-16(14)19)15-11-13(18)9-8-12(15)2/h4-9,11,17,20H,3,10H2,1-2H3. The van der Waals surface area contributed by atoms with Crippen LogP contribution in [0.25, 0.3) is 0 Å². The molecule has 2 aromatic carbocycles. The highest BCUT2D eigenvalue weighted by molar-refractivity contribution is 6.31. The van der Waals surface area contributed by atoms with Crippen LogP contribution in [-0.4, -0.2) is 6.54 Å². The molecule has 0 aliphatic rings. The third-order valence-corrected chi connectivity index (χ3v) is 3.95. The molecular formula is C17H19Cl2N. The van der Waals surface area contributed by atoms with Crippen molar-refractivity contribution in [1.82, 2.24) is 5.32 Å². The molecule has 0 bridgehead atoms. The van der Waals surface area contributed by atoms with Gasteiger partial charge in [0.25, 0.3) is 0 Å². The minimum atomic E-state index is 0.0716. The van der Waals surface area contributed by atoms with Crippen molar-refractivity contribution in [2.45, 2.75) is 26.3 Å². The van der Waals surface area contributed by atoms with Gasteiger partial charge in [-0.3, -0.25) is 0 Å². The van der Waals surface area contributed by atoms with Crippen molar-refractivity contribution in [3.63, 3.8) is 0 Å². The monoisotopic (exact) mass is 307 g/mol. The molecule has 0 amide bonds. The fourth-order valence-corrected chi connectivity index (χ4v) is 2.73. The molecule has 1 atom stereocenters. The second kappa shape index (κ2) is 7.12. The molecule has 2 aromatic rings. The highest BCUT2D eigenvalue weighted by Crippen LogP contribution is 2.31. The van der Waals surface area contributed by atoms with E-state index in [1.807, 2.05) is 30.3 Å². The Balaban J connectivity index is 2.47. The topological polar surface area (TPSA) is 12.0 Å². The molecule has 1 nitrogen and oxygen atoms in total. The Morgan fingerprint density at radius 3 is 2.50 bits per heavy atom. The van der Waals surface area contributed by atoms with Crippen LogP contribution >= 0.6 is 23.2 Å². The Morgan fingerprint density at radius 2 is 1.80 bits per heavy atom. The number of hydrogen-bond donors (Lipinski definition) is 1. The molecule has 0 saturated carbocycles. The molecule has 0 fully saturated rings. The van der Waals surface area contributed by atoms with Crippen LogP contribution in [-0.2, 0) is 0 Å². The highest BCUT2D eigenvalue weighted by Gasteiger charge is 2.18. The summed E-state index contributed by atoms with van der Waals surface area (Å²) >= 11 is 12.5. The summed E-state index contributed by atoms with van der Waals surface area (Å²) in [4.78, 5) is 0. The van der Waals surface area contributed by atoms with Crippen LogP contribution in [0.15, 0.2) is 42.5 Å². The van der Waals surface area contributed by atoms with Gasteiger partial charge in [0.05, 0.1) is 6.04 Å².